The van der Waals surface area contributed by atoms with E-state index in [2.05, 4.69) is 57.2 Å². The zero-order chi connectivity index (χ0) is 56.4. The van der Waals surface area contributed by atoms with Gasteiger partial charge in [-0.1, -0.05) is 333 Å². The van der Waals surface area contributed by atoms with Gasteiger partial charge in [-0.15, -0.1) is 0 Å². The SMILES string of the molecule is CCCC/C=C\C/C=C\CCCCCCCC(=O)OC(COC(=O)CCCCCCCCCCCCC)COC(=O)CCCCCCCCCCCCCCCCCCCCCCCCC/C=C\CCCCCCCCCC. The predicted molar refractivity (Wildman–Crippen MR) is 339 cm³/mol. The number of carbonyl (C=O) groups is 3. The highest BCUT2D eigenvalue weighted by Crippen LogP contribution is 2.18. The highest BCUT2D eigenvalue weighted by Gasteiger charge is 2.19. The molecule has 0 aromatic carbocycles. The highest BCUT2D eigenvalue weighted by molar-refractivity contribution is 5.71. The molecule has 0 heterocycles. The van der Waals surface area contributed by atoms with Crippen LogP contribution in [0.1, 0.15) is 387 Å². The molecule has 0 aliphatic heterocycles. The number of carbonyl (C=O) groups excluding carboxylic acids is 3. The van der Waals surface area contributed by atoms with Gasteiger partial charge in [0.05, 0.1) is 0 Å². The predicted octanol–water partition coefficient (Wildman–Crippen LogP) is 23.9. The second-order valence-corrected chi connectivity index (χ2v) is 23.8. The van der Waals surface area contributed by atoms with E-state index >= 15 is 0 Å². The van der Waals surface area contributed by atoms with Gasteiger partial charge in [0, 0.05) is 19.3 Å². The van der Waals surface area contributed by atoms with Gasteiger partial charge >= 0.3 is 17.9 Å². The maximum absolute atomic E-state index is 12.9. The van der Waals surface area contributed by atoms with Crippen LogP contribution in [0.2, 0.25) is 0 Å². The van der Waals surface area contributed by atoms with Gasteiger partial charge in [0.1, 0.15) is 13.2 Å². The molecule has 6 nitrogen and oxygen atoms in total. The summed E-state index contributed by atoms with van der Waals surface area (Å²) in [5, 5.41) is 0. The third kappa shape index (κ3) is 64.5. The minimum Gasteiger partial charge on any atom is -0.462 e. The lowest BCUT2D eigenvalue weighted by Gasteiger charge is -2.18. The van der Waals surface area contributed by atoms with Crippen molar-refractivity contribution in [3.05, 3.63) is 36.5 Å². The summed E-state index contributed by atoms with van der Waals surface area (Å²) in [6.45, 7) is 6.63. The topological polar surface area (TPSA) is 78.9 Å². The highest BCUT2D eigenvalue weighted by atomic mass is 16.6. The second kappa shape index (κ2) is 67.1. The van der Waals surface area contributed by atoms with Crippen LogP contribution in [0.5, 0.6) is 0 Å². The van der Waals surface area contributed by atoms with Crippen molar-refractivity contribution in [3.8, 4) is 0 Å². The fourth-order valence-corrected chi connectivity index (χ4v) is 10.6. The molecule has 0 aromatic heterocycles. The van der Waals surface area contributed by atoms with Gasteiger partial charge < -0.3 is 14.2 Å². The first-order valence-corrected chi connectivity index (χ1v) is 35.0. The lowest BCUT2D eigenvalue weighted by Crippen LogP contribution is -2.30. The average Bonchev–Trinajstić information content (AvgIpc) is 3.44. The Bertz CT molecular complexity index is 1300. The number of allylic oxidation sites excluding steroid dienone is 6. The van der Waals surface area contributed by atoms with Crippen molar-refractivity contribution in [3.63, 3.8) is 0 Å². The van der Waals surface area contributed by atoms with Crippen LogP contribution < -0.4 is 0 Å². The van der Waals surface area contributed by atoms with E-state index in [0.29, 0.717) is 19.3 Å². The first-order valence-electron chi connectivity index (χ1n) is 35.0. The molecule has 0 saturated carbocycles. The minimum absolute atomic E-state index is 0.0725. The largest absolute Gasteiger partial charge is 0.462 e. The van der Waals surface area contributed by atoms with Crippen molar-refractivity contribution in [2.45, 2.75) is 393 Å². The summed E-state index contributed by atoms with van der Waals surface area (Å²) < 4.78 is 16.9. The number of ether oxygens (including phenoxy) is 3. The Morgan fingerprint density at radius 2 is 0.474 bits per heavy atom. The molecular formula is C72H134O6. The Labute approximate surface area is 486 Å². The Morgan fingerprint density at radius 1 is 0.256 bits per heavy atom. The number of hydrogen-bond donors (Lipinski definition) is 0. The molecule has 0 N–H and O–H groups in total. The summed E-state index contributed by atoms with van der Waals surface area (Å²) in [7, 11) is 0. The van der Waals surface area contributed by atoms with E-state index in [9.17, 15) is 14.4 Å². The molecule has 0 aromatic rings. The summed E-state index contributed by atoms with van der Waals surface area (Å²) in [4.78, 5) is 38.2. The van der Waals surface area contributed by atoms with Gasteiger partial charge in [0.2, 0.25) is 0 Å². The Kier molecular flexibility index (Phi) is 65.1. The van der Waals surface area contributed by atoms with Crippen molar-refractivity contribution in [1.82, 2.24) is 0 Å². The molecule has 0 fully saturated rings. The quantitative estimate of drug-likeness (QED) is 0.0261. The van der Waals surface area contributed by atoms with Crippen LogP contribution in [0.3, 0.4) is 0 Å². The monoisotopic (exact) mass is 1100 g/mol. The molecule has 0 aliphatic carbocycles. The first-order chi connectivity index (χ1) is 38.5. The van der Waals surface area contributed by atoms with Crippen LogP contribution in [0.4, 0.5) is 0 Å². The van der Waals surface area contributed by atoms with E-state index in [0.717, 1.165) is 83.5 Å². The zero-order valence-electron chi connectivity index (χ0n) is 52.7. The maximum atomic E-state index is 12.9. The summed E-state index contributed by atoms with van der Waals surface area (Å²) in [6.07, 6.45) is 83.5. The molecule has 458 valence electrons. The Hall–Kier alpha value is -2.37. The van der Waals surface area contributed by atoms with Gasteiger partial charge in [-0.25, -0.2) is 0 Å². The van der Waals surface area contributed by atoms with Crippen molar-refractivity contribution in [2.24, 2.45) is 0 Å². The fourth-order valence-electron chi connectivity index (χ4n) is 10.6. The standard InChI is InChI=1S/C72H134O6/c1-4-7-10-13-16-19-22-24-26-27-28-29-30-31-32-33-34-35-36-37-38-39-40-41-42-43-44-45-46-48-50-53-56-59-62-65-71(74)77-68-69(67-76-70(73)64-61-58-55-52-49-21-18-15-12-9-6-3)78-72(75)66-63-60-57-54-51-47-25-23-20-17-14-11-8-5-2/h14,17,23,25,27-28,69H,4-13,15-16,18-22,24,26,29-68H2,1-3H3/b17-14-,25-23-,28-27-. The molecule has 0 spiro atoms. The number of unbranched alkanes of at least 4 members (excludes halogenated alkanes) is 48. The van der Waals surface area contributed by atoms with Crippen LogP contribution in [0.15, 0.2) is 36.5 Å². The molecule has 0 amide bonds. The molecule has 0 bridgehead atoms. The normalized spacial score (nSPS) is 12.2. The van der Waals surface area contributed by atoms with Crippen molar-refractivity contribution < 1.29 is 28.6 Å². The van der Waals surface area contributed by atoms with Crippen molar-refractivity contribution >= 4 is 17.9 Å². The summed E-state index contributed by atoms with van der Waals surface area (Å²) in [6, 6.07) is 0. The average molecular weight is 1100 g/mol. The van der Waals surface area contributed by atoms with Crippen LogP contribution in [0, 0.1) is 0 Å². The molecule has 0 radical (unpaired) electrons. The number of esters is 3. The zero-order valence-corrected chi connectivity index (χ0v) is 52.7. The summed E-state index contributed by atoms with van der Waals surface area (Å²) >= 11 is 0. The minimum atomic E-state index is -0.775. The van der Waals surface area contributed by atoms with E-state index in [-0.39, 0.29) is 31.1 Å². The lowest BCUT2D eigenvalue weighted by atomic mass is 10.0. The van der Waals surface area contributed by atoms with Gasteiger partial charge in [-0.3, -0.25) is 14.4 Å². The molecular weight excluding hydrogens is 961 g/mol. The number of hydrogen-bond acceptors (Lipinski definition) is 6. The summed E-state index contributed by atoms with van der Waals surface area (Å²) in [5.41, 5.74) is 0. The fraction of sp³-hybridized carbons (Fsp3) is 0.875. The van der Waals surface area contributed by atoms with Crippen LogP contribution in [0.25, 0.3) is 0 Å². The molecule has 0 saturated heterocycles. The molecule has 1 unspecified atom stereocenters. The third-order valence-electron chi connectivity index (χ3n) is 15.9. The third-order valence-corrected chi connectivity index (χ3v) is 15.9. The van der Waals surface area contributed by atoms with Gasteiger partial charge in [0.15, 0.2) is 6.10 Å². The van der Waals surface area contributed by atoms with Crippen LogP contribution >= 0.6 is 0 Å². The van der Waals surface area contributed by atoms with E-state index in [1.165, 1.54) is 263 Å². The van der Waals surface area contributed by atoms with Gasteiger partial charge in [0.25, 0.3) is 0 Å². The van der Waals surface area contributed by atoms with Gasteiger partial charge in [-0.2, -0.15) is 0 Å². The Morgan fingerprint density at radius 3 is 0.756 bits per heavy atom. The molecule has 0 aliphatic rings. The molecule has 6 heteroatoms. The molecule has 1 atom stereocenters. The van der Waals surface area contributed by atoms with E-state index < -0.39 is 6.10 Å². The van der Waals surface area contributed by atoms with Crippen LogP contribution in [-0.2, 0) is 28.6 Å². The maximum Gasteiger partial charge on any atom is 0.306 e. The summed E-state index contributed by atoms with van der Waals surface area (Å²) in [5.74, 6) is -0.864. The molecule has 78 heavy (non-hydrogen) atoms. The van der Waals surface area contributed by atoms with E-state index in [1.54, 1.807) is 0 Å². The lowest BCUT2D eigenvalue weighted by molar-refractivity contribution is -0.167. The van der Waals surface area contributed by atoms with Crippen molar-refractivity contribution in [1.29, 1.82) is 0 Å². The molecule has 0 rings (SSSR count). The van der Waals surface area contributed by atoms with E-state index in [1.807, 2.05) is 0 Å². The number of rotatable bonds is 65. The van der Waals surface area contributed by atoms with E-state index in [4.69, 9.17) is 14.2 Å². The first kappa shape index (κ1) is 75.6. The van der Waals surface area contributed by atoms with Crippen molar-refractivity contribution in [2.75, 3.05) is 13.2 Å². The smallest absolute Gasteiger partial charge is 0.306 e. The second-order valence-electron chi connectivity index (χ2n) is 23.8. The Balaban J connectivity index is 3.99. The van der Waals surface area contributed by atoms with Gasteiger partial charge in [-0.05, 0) is 70.6 Å². The van der Waals surface area contributed by atoms with Crippen LogP contribution in [-0.4, -0.2) is 37.2 Å².